The maximum absolute atomic E-state index is 12.4. The molecule has 0 aliphatic heterocycles. The number of rotatable bonds is 5. The Labute approximate surface area is 124 Å². The number of amides is 1. The van der Waals surface area contributed by atoms with Gasteiger partial charge in [0, 0.05) is 11.6 Å². The van der Waals surface area contributed by atoms with Crippen molar-refractivity contribution in [2.24, 2.45) is 5.92 Å². The van der Waals surface area contributed by atoms with Crippen LogP contribution in [0.25, 0.3) is 0 Å². The van der Waals surface area contributed by atoms with Gasteiger partial charge in [-0.05, 0) is 31.0 Å². The number of benzene rings is 1. The highest BCUT2D eigenvalue weighted by Crippen LogP contribution is 2.25. The van der Waals surface area contributed by atoms with E-state index in [0.29, 0.717) is 11.6 Å². The molecule has 0 radical (unpaired) electrons. The summed E-state index contributed by atoms with van der Waals surface area (Å²) in [5, 5.41) is 1.75. The van der Waals surface area contributed by atoms with E-state index in [1.54, 1.807) is 0 Å². The predicted octanol–water partition coefficient (Wildman–Crippen LogP) is 1.86. The Morgan fingerprint density at radius 3 is 2.45 bits per heavy atom. The standard InChI is InChI=1S/C13H19ClN2O3S/c1-8(2)7-16-13(17)9(3)20(18,19)12-5-4-10(14)6-11(12)15/h4-6,8-9H,7,15H2,1-3H3,(H,16,17). The van der Waals surface area contributed by atoms with Gasteiger partial charge in [0.2, 0.25) is 5.91 Å². The minimum absolute atomic E-state index is 0.0426. The van der Waals surface area contributed by atoms with Crippen molar-refractivity contribution >= 4 is 33.0 Å². The lowest BCUT2D eigenvalue weighted by atomic mass is 10.2. The number of hydrogen-bond acceptors (Lipinski definition) is 4. The van der Waals surface area contributed by atoms with Crippen molar-refractivity contribution in [1.82, 2.24) is 5.32 Å². The summed E-state index contributed by atoms with van der Waals surface area (Å²) in [6.45, 7) is 5.63. The molecule has 0 aliphatic rings. The zero-order valence-corrected chi connectivity index (χ0v) is 13.3. The fourth-order valence-electron chi connectivity index (χ4n) is 1.56. The molecule has 1 unspecified atom stereocenters. The molecule has 0 bridgehead atoms. The quantitative estimate of drug-likeness (QED) is 0.811. The highest BCUT2D eigenvalue weighted by Gasteiger charge is 2.31. The molecule has 0 fully saturated rings. The van der Waals surface area contributed by atoms with E-state index in [-0.39, 0.29) is 16.5 Å². The summed E-state index contributed by atoms with van der Waals surface area (Å²) >= 11 is 5.74. The van der Waals surface area contributed by atoms with E-state index in [9.17, 15) is 13.2 Å². The zero-order chi connectivity index (χ0) is 15.5. The molecule has 1 aromatic carbocycles. The molecular formula is C13H19ClN2O3S. The molecular weight excluding hydrogens is 300 g/mol. The SMILES string of the molecule is CC(C)CNC(=O)C(C)S(=O)(=O)c1ccc(Cl)cc1N. The Hall–Kier alpha value is -1.27. The lowest BCUT2D eigenvalue weighted by molar-refractivity contribution is -0.120. The van der Waals surface area contributed by atoms with E-state index >= 15 is 0 Å². The summed E-state index contributed by atoms with van der Waals surface area (Å²) in [6, 6.07) is 4.11. The van der Waals surface area contributed by atoms with Crippen molar-refractivity contribution < 1.29 is 13.2 Å². The molecule has 0 heterocycles. The Balaban J connectivity index is 3.01. The van der Waals surface area contributed by atoms with Gasteiger partial charge >= 0.3 is 0 Å². The van der Waals surface area contributed by atoms with Crippen LogP contribution in [0.1, 0.15) is 20.8 Å². The number of halogens is 1. The van der Waals surface area contributed by atoms with Gasteiger partial charge in [-0.2, -0.15) is 0 Å². The highest BCUT2D eigenvalue weighted by molar-refractivity contribution is 7.93. The molecule has 0 spiro atoms. The van der Waals surface area contributed by atoms with Crippen molar-refractivity contribution in [3.8, 4) is 0 Å². The van der Waals surface area contributed by atoms with Crippen LogP contribution in [0.4, 0.5) is 5.69 Å². The summed E-state index contributed by atoms with van der Waals surface area (Å²) in [5.41, 5.74) is 5.71. The van der Waals surface area contributed by atoms with Crippen LogP contribution in [0, 0.1) is 5.92 Å². The molecule has 1 atom stereocenters. The molecule has 1 amide bonds. The number of carbonyl (C=O) groups is 1. The maximum atomic E-state index is 12.4. The highest BCUT2D eigenvalue weighted by atomic mass is 35.5. The van der Waals surface area contributed by atoms with Crippen molar-refractivity contribution in [2.45, 2.75) is 30.9 Å². The largest absolute Gasteiger partial charge is 0.398 e. The second-order valence-electron chi connectivity index (χ2n) is 5.01. The van der Waals surface area contributed by atoms with Crippen LogP contribution < -0.4 is 11.1 Å². The van der Waals surface area contributed by atoms with E-state index in [1.807, 2.05) is 13.8 Å². The first-order chi connectivity index (χ1) is 9.16. The Kier molecular flexibility index (Phi) is 5.42. The minimum Gasteiger partial charge on any atom is -0.398 e. The molecule has 0 aromatic heterocycles. The van der Waals surface area contributed by atoms with Crippen LogP contribution in [-0.4, -0.2) is 26.1 Å². The summed E-state index contributed by atoms with van der Waals surface area (Å²) in [4.78, 5) is 11.8. The van der Waals surface area contributed by atoms with Gasteiger partial charge in [0.25, 0.3) is 0 Å². The number of hydrogen-bond donors (Lipinski definition) is 2. The van der Waals surface area contributed by atoms with E-state index in [1.165, 1.54) is 25.1 Å². The van der Waals surface area contributed by atoms with Gasteiger partial charge in [-0.25, -0.2) is 8.42 Å². The van der Waals surface area contributed by atoms with E-state index in [4.69, 9.17) is 17.3 Å². The molecule has 20 heavy (non-hydrogen) atoms. The van der Waals surface area contributed by atoms with Gasteiger partial charge in [-0.1, -0.05) is 25.4 Å². The molecule has 0 saturated heterocycles. The van der Waals surface area contributed by atoms with Crippen LogP contribution in [-0.2, 0) is 14.6 Å². The monoisotopic (exact) mass is 318 g/mol. The van der Waals surface area contributed by atoms with Crippen molar-refractivity contribution in [3.05, 3.63) is 23.2 Å². The molecule has 7 heteroatoms. The average molecular weight is 319 g/mol. The number of anilines is 1. The van der Waals surface area contributed by atoms with Crippen LogP contribution in [0.15, 0.2) is 23.1 Å². The molecule has 0 aliphatic carbocycles. The zero-order valence-electron chi connectivity index (χ0n) is 11.7. The third kappa shape index (κ3) is 3.86. The smallest absolute Gasteiger partial charge is 0.238 e. The van der Waals surface area contributed by atoms with Gasteiger partial charge in [0.05, 0.1) is 10.6 Å². The fourth-order valence-corrected chi connectivity index (χ4v) is 3.13. The van der Waals surface area contributed by atoms with Gasteiger partial charge in [-0.3, -0.25) is 4.79 Å². The number of nitrogens with one attached hydrogen (secondary N) is 1. The molecule has 112 valence electrons. The number of sulfone groups is 1. The number of carbonyl (C=O) groups excluding carboxylic acids is 1. The second kappa shape index (κ2) is 6.45. The molecule has 1 aromatic rings. The summed E-state index contributed by atoms with van der Waals surface area (Å²) in [5.74, 6) is -0.289. The van der Waals surface area contributed by atoms with Crippen LogP contribution in [0.2, 0.25) is 5.02 Å². The molecule has 1 rings (SSSR count). The first-order valence-corrected chi connectivity index (χ1v) is 8.15. The van der Waals surface area contributed by atoms with E-state index in [2.05, 4.69) is 5.32 Å². The first-order valence-electron chi connectivity index (χ1n) is 6.23. The van der Waals surface area contributed by atoms with Crippen LogP contribution in [0.5, 0.6) is 0 Å². The van der Waals surface area contributed by atoms with Gasteiger partial charge in [0.1, 0.15) is 5.25 Å². The lowest BCUT2D eigenvalue weighted by Gasteiger charge is -2.15. The summed E-state index contributed by atoms with van der Waals surface area (Å²) < 4.78 is 24.7. The molecule has 5 nitrogen and oxygen atoms in total. The summed E-state index contributed by atoms with van der Waals surface area (Å²) in [6.07, 6.45) is 0. The minimum atomic E-state index is -3.83. The fraction of sp³-hybridized carbons (Fsp3) is 0.462. The number of nitrogen functional groups attached to an aromatic ring is 1. The van der Waals surface area contributed by atoms with Crippen molar-refractivity contribution in [2.75, 3.05) is 12.3 Å². The van der Waals surface area contributed by atoms with Gasteiger partial charge < -0.3 is 11.1 Å². The van der Waals surface area contributed by atoms with E-state index in [0.717, 1.165) is 0 Å². The normalized spacial score (nSPS) is 13.2. The van der Waals surface area contributed by atoms with Crippen LogP contribution in [0.3, 0.4) is 0 Å². The average Bonchev–Trinajstić information content (AvgIpc) is 2.34. The Bertz CT molecular complexity index is 600. The van der Waals surface area contributed by atoms with Crippen molar-refractivity contribution in [3.63, 3.8) is 0 Å². The first kappa shape index (κ1) is 16.8. The maximum Gasteiger partial charge on any atom is 0.238 e. The second-order valence-corrected chi connectivity index (χ2v) is 7.68. The number of nitrogens with two attached hydrogens (primary N) is 1. The third-order valence-corrected chi connectivity index (χ3v) is 5.16. The third-order valence-electron chi connectivity index (χ3n) is 2.80. The Morgan fingerprint density at radius 1 is 1.35 bits per heavy atom. The molecule has 3 N–H and O–H groups in total. The predicted molar refractivity (Wildman–Crippen MR) is 80.4 cm³/mol. The molecule has 0 saturated carbocycles. The van der Waals surface area contributed by atoms with Crippen LogP contribution >= 0.6 is 11.6 Å². The summed E-state index contributed by atoms with van der Waals surface area (Å²) in [7, 11) is -3.83. The topological polar surface area (TPSA) is 89.3 Å². The van der Waals surface area contributed by atoms with Gasteiger partial charge in [-0.15, -0.1) is 0 Å². The van der Waals surface area contributed by atoms with E-state index < -0.39 is 21.0 Å². The van der Waals surface area contributed by atoms with Gasteiger partial charge in [0.15, 0.2) is 9.84 Å². The lowest BCUT2D eigenvalue weighted by Crippen LogP contribution is -2.39. The van der Waals surface area contributed by atoms with Crippen molar-refractivity contribution in [1.29, 1.82) is 0 Å². The Morgan fingerprint density at radius 2 is 1.95 bits per heavy atom.